The summed E-state index contributed by atoms with van der Waals surface area (Å²) >= 11 is 0. The van der Waals surface area contributed by atoms with Crippen molar-refractivity contribution in [3.05, 3.63) is 35.4 Å². The Labute approximate surface area is 96.1 Å². The molecule has 1 aromatic carbocycles. The molecule has 0 radical (unpaired) electrons. The number of methoxy groups -OCH3 is 1. The molecule has 0 saturated carbocycles. The van der Waals surface area contributed by atoms with Crippen molar-refractivity contribution in [1.82, 2.24) is 0 Å². The van der Waals surface area contributed by atoms with Crippen LogP contribution < -0.4 is 0 Å². The van der Waals surface area contributed by atoms with Crippen LogP contribution in [0.2, 0.25) is 0 Å². The molecule has 0 bridgehead atoms. The molecule has 0 saturated heterocycles. The number of carbonyl (C=O) groups excluding carboxylic acids is 1. The fourth-order valence-electron chi connectivity index (χ4n) is 1.48. The van der Waals surface area contributed by atoms with Crippen molar-refractivity contribution < 1.29 is 14.6 Å². The zero-order chi connectivity index (χ0) is 12.1. The van der Waals surface area contributed by atoms with Gasteiger partial charge in [-0.1, -0.05) is 38.1 Å². The molecule has 0 aliphatic heterocycles. The molecule has 0 heterocycles. The molecular formula is C13H18O3. The fraction of sp³-hybridized carbons (Fsp3) is 0.462. The van der Waals surface area contributed by atoms with Gasteiger partial charge >= 0.3 is 5.97 Å². The summed E-state index contributed by atoms with van der Waals surface area (Å²) in [6.45, 7) is 4.25. The number of aliphatic hydroxyl groups excluding tert-OH is 1. The van der Waals surface area contributed by atoms with Crippen molar-refractivity contribution in [3.63, 3.8) is 0 Å². The normalized spacial score (nSPS) is 12.6. The molecule has 3 heteroatoms. The van der Waals surface area contributed by atoms with Gasteiger partial charge < -0.3 is 9.84 Å². The van der Waals surface area contributed by atoms with Gasteiger partial charge in [-0.3, -0.25) is 0 Å². The number of esters is 1. The van der Waals surface area contributed by atoms with E-state index in [1.165, 1.54) is 12.7 Å². The Morgan fingerprint density at radius 3 is 2.31 bits per heavy atom. The van der Waals surface area contributed by atoms with Gasteiger partial charge in [-0.25, -0.2) is 4.79 Å². The molecule has 1 aromatic rings. The summed E-state index contributed by atoms with van der Waals surface area (Å²) in [5.41, 5.74) is 2.18. The van der Waals surface area contributed by atoms with Gasteiger partial charge in [-0.15, -0.1) is 0 Å². The third kappa shape index (κ3) is 3.35. The highest BCUT2D eigenvalue weighted by Gasteiger charge is 2.15. The highest BCUT2D eigenvalue weighted by Crippen LogP contribution is 2.15. The maximum Gasteiger partial charge on any atom is 0.335 e. The Balaban J connectivity index is 2.65. The van der Waals surface area contributed by atoms with Gasteiger partial charge in [0.1, 0.15) is 0 Å². The average molecular weight is 222 g/mol. The van der Waals surface area contributed by atoms with Crippen molar-refractivity contribution in [2.24, 2.45) is 0 Å². The lowest BCUT2D eigenvalue weighted by atomic mass is 10.00. The van der Waals surface area contributed by atoms with Crippen LogP contribution in [0, 0.1) is 0 Å². The topological polar surface area (TPSA) is 46.5 Å². The van der Waals surface area contributed by atoms with Crippen LogP contribution in [0.4, 0.5) is 0 Å². The quantitative estimate of drug-likeness (QED) is 0.791. The smallest absolute Gasteiger partial charge is 0.335 e. The predicted octanol–water partition coefficient (Wildman–Crippen LogP) is 1.89. The van der Waals surface area contributed by atoms with Crippen LogP contribution in [0.25, 0.3) is 0 Å². The van der Waals surface area contributed by atoms with Gasteiger partial charge in [0.15, 0.2) is 6.10 Å². The summed E-state index contributed by atoms with van der Waals surface area (Å²) in [7, 11) is 1.27. The molecule has 1 unspecified atom stereocenters. The van der Waals surface area contributed by atoms with Gasteiger partial charge in [-0.2, -0.15) is 0 Å². The van der Waals surface area contributed by atoms with Crippen LogP contribution in [-0.4, -0.2) is 24.3 Å². The van der Waals surface area contributed by atoms with E-state index in [4.69, 9.17) is 0 Å². The highest BCUT2D eigenvalue weighted by atomic mass is 16.5. The maximum absolute atomic E-state index is 11.0. The number of hydrogen-bond donors (Lipinski definition) is 1. The summed E-state index contributed by atoms with van der Waals surface area (Å²) in [4.78, 5) is 11.0. The highest BCUT2D eigenvalue weighted by molar-refractivity contribution is 5.74. The first-order valence-electron chi connectivity index (χ1n) is 5.39. The SMILES string of the molecule is COC(=O)C(O)Cc1ccc(C(C)C)cc1. The van der Waals surface area contributed by atoms with Crippen molar-refractivity contribution in [3.8, 4) is 0 Å². The molecule has 1 N–H and O–H groups in total. The summed E-state index contributed by atoms with van der Waals surface area (Å²) in [6.07, 6.45) is -0.777. The standard InChI is InChI=1S/C13H18O3/c1-9(2)11-6-4-10(5-7-11)8-12(14)13(15)16-3/h4-7,9,12,14H,8H2,1-3H3. The first-order chi connectivity index (χ1) is 7.54. The third-order valence-electron chi connectivity index (χ3n) is 2.55. The lowest BCUT2D eigenvalue weighted by Gasteiger charge is -2.10. The van der Waals surface area contributed by atoms with Gasteiger partial charge in [0, 0.05) is 6.42 Å². The fourth-order valence-corrected chi connectivity index (χ4v) is 1.48. The lowest BCUT2D eigenvalue weighted by molar-refractivity contribution is -0.150. The van der Waals surface area contributed by atoms with Gasteiger partial charge in [0.2, 0.25) is 0 Å². The molecule has 0 aliphatic carbocycles. The van der Waals surface area contributed by atoms with Gasteiger partial charge in [0.25, 0.3) is 0 Å². The van der Waals surface area contributed by atoms with E-state index in [2.05, 4.69) is 18.6 Å². The molecule has 0 aromatic heterocycles. The summed E-state index contributed by atoms with van der Waals surface area (Å²) in [5.74, 6) is -0.104. The number of carbonyl (C=O) groups is 1. The van der Waals surface area contributed by atoms with Crippen molar-refractivity contribution in [1.29, 1.82) is 0 Å². The third-order valence-corrected chi connectivity index (χ3v) is 2.55. The minimum absolute atomic E-state index is 0.297. The predicted molar refractivity (Wildman–Crippen MR) is 62.3 cm³/mol. The first-order valence-corrected chi connectivity index (χ1v) is 5.39. The largest absolute Gasteiger partial charge is 0.467 e. The molecule has 0 aliphatic rings. The van der Waals surface area contributed by atoms with E-state index in [-0.39, 0.29) is 0 Å². The molecule has 16 heavy (non-hydrogen) atoms. The van der Waals surface area contributed by atoms with Crippen LogP contribution in [0.15, 0.2) is 24.3 Å². The minimum atomic E-state index is -1.07. The van der Waals surface area contributed by atoms with Crippen LogP contribution >= 0.6 is 0 Å². The van der Waals surface area contributed by atoms with Crippen molar-refractivity contribution in [2.45, 2.75) is 32.3 Å². The van der Waals surface area contributed by atoms with E-state index in [9.17, 15) is 9.90 Å². The summed E-state index contributed by atoms with van der Waals surface area (Å²) in [5, 5.41) is 9.48. The van der Waals surface area contributed by atoms with E-state index in [1.54, 1.807) is 0 Å². The van der Waals surface area contributed by atoms with Crippen LogP contribution in [0.5, 0.6) is 0 Å². The van der Waals surface area contributed by atoms with E-state index >= 15 is 0 Å². The molecule has 3 nitrogen and oxygen atoms in total. The molecule has 0 spiro atoms. The van der Waals surface area contributed by atoms with E-state index < -0.39 is 12.1 Å². The van der Waals surface area contributed by atoms with E-state index in [0.717, 1.165) is 5.56 Å². The lowest BCUT2D eigenvalue weighted by Crippen LogP contribution is -2.24. The maximum atomic E-state index is 11.0. The zero-order valence-electron chi connectivity index (χ0n) is 9.93. The number of rotatable bonds is 4. The Bertz CT molecular complexity index is 341. The Hall–Kier alpha value is -1.35. The van der Waals surface area contributed by atoms with Crippen LogP contribution in [0.3, 0.4) is 0 Å². The van der Waals surface area contributed by atoms with E-state index in [0.29, 0.717) is 12.3 Å². The second-order valence-electron chi connectivity index (χ2n) is 4.14. The average Bonchev–Trinajstić information content (AvgIpc) is 2.28. The number of ether oxygens (including phenoxy) is 1. The molecular weight excluding hydrogens is 204 g/mol. The van der Waals surface area contributed by atoms with Crippen molar-refractivity contribution in [2.75, 3.05) is 7.11 Å². The molecule has 88 valence electrons. The zero-order valence-corrected chi connectivity index (χ0v) is 9.93. The number of hydrogen-bond acceptors (Lipinski definition) is 3. The molecule has 1 atom stereocenters. The van der Waals surface area contributed by atoms with E-state index in [1.807, 2.05) is 24.3 Å². The summed E-state index contributed by atoms with van der Waals surface area (Å²) in [6, 6.07) is 7.90. The Morgan fingerprint density at radius 2 is 1.88 bits per heavy atom. The second-order valence-corrected chi connectivity index (χ2v) is 4.14. The minimum Gasteiger partial charge on any atom is -0.467 e. The van der Waals surface area contributed by atoms with Crippen molar-refractivity contribution >= 4 is 5.97 Å². The monoisotopic (exact) mass is 222 g/mol. The second kappa shape index (κ2) is 5.66. The molecule has 0 fully saturated rings. The summed E-state index contributed by atoms with van der Waals surface area (Å²) < 4.78 is 4.46. The molecule has 0 amide bonds. The first kappa shape index (κ1) is 12.7. The van der Waals surface area contributed by atoms with Gasteiger partial charge in [-0.05, 0) is 17.0 Å². The Morgan fingerprint density at radius 1 is 1.31 bits per heavy atom. The van der Waals surface area contributed by atoms with Crippen LogP contribution in [-0.2, 0) is 16.0 Å². The number of aliphatic hydroxyl groups is 1. The van der Waals surface area contributed by atoms with Crippen LogP contribution in [0.1, 0.15) is 30.9 Å². The number of benzene rings is 1. The Kier molecular flexibility index (Phi) is 4.50. The van der Waals surface area contributed by atoms with Gasteiger partial charge in [0.05, 0.1) is 7.11 Å². The molecule has 1 rings (SSSR count).